The second-order valence-electron chi connectivity index (χ2n) is 5.90. The third kappa shape index (κ3) is 3.09. The largest absolute Gasteiger partial charge is 0.481 e. The number of carbonyl (C=O) groups excluding carboxylic acids is 1. The minimum Gasteiger partial charge on any atom is -0.481 e. The van der Waals surface area contributed by atoms with Crippen LogP contribution in [0.1, 0.15) is 10.5 Å². The highest BCUT2D eigenvalue weighted by atomic mass is 19.4. The van der Waals surface area contributed by atoms with Gasteiger partial charge in [0.1, 0.15) is 5.69 Å². The van der Waals surface area contributed by atoms with E-state index in [1.165, 1.54) is 6.07 Å². The zero-order chi connectivity index (χ0) is 18.4. The number of likely N-dealkylation sites (tertiary alicyclic amines) is 1. The Kier molecular flexibility index (Phi) is 4.02. The van der Waals surface area contributed by atoms with Crippen molar-refractivity contribution in [1.82, 2.24) is 9.88 Å². The van der Waals surface area contributed by atoms with E-state index in [0.717, 1.165) is 4.90 Å². The molecule has 1 aromatic carbocycles. The minimum atomic E-state index is -4.73. The van der Waals surface area contributed by atoms with Gasteiger partial charge in [0.15, 0.2) is 0 Å². The molecule has 2 heterocycles. The number of nitrogens with zero attached hydrogens (tertiary/aromatic N) is 1. The minimum absolute atomic E-state index is 0.171. The van der Waals surface area contributed by atoms with Crippen molar-refractivity contribution >= 4 is 22.6 Å². The smallest absolute Gasteiger partial charge is 0.394 e. The molecule has 0 unspecified atom stereocenters. The van der Waals surface area contributed by atoms with Gasteiger partial charge in [-0.1, -0.05) is 18.2 Å². The normalized spacial score (nSPS) is 20.8. The second kappa shape index (κ2) is 5.91. The molecule has 25 heavy (non-hydrogen) atoms. The number of hydrogen-bond donors (Lipinski definition) is 2. The van der Waals surface area contributed by atoms with E-state index >= 15 is 0 Å². The Morgan fingerprint density at radius 3 is 2.48 bits per heavy atom. The Bertz CT molecular complexity index is 906. The number of pyridine rings is 1. The number of carboxylic acids is 1. The van der Waals surface area contributed by atoms with Crippen molar-refractivity contribution in [3.05, 3.63) is 46.4 Å². The van der Waals surface area contributed by atoms with Gasteiger partial charge in [-0.2, -0.15) is 13.2 Å². The molecule has 3 rings (SSSR count). The van der Waals surface area contributed by atoms with Crippen molar-refractivity contribution < 1.29 is 27.9 Å². The highest BCUT2D eigenvalue weighted by Crippen LogP contribution is 2.38. The van der Waals surface area contributed by atoms with Crippen molar-refractivity contribution in [2.24, 2.45) is 11.8 Å². The maximum atomic E-state index is 13.0. The molecule has 1 amide bonds. The monoisotopic (exact) mass is 354 g/mol. The number of halogens is 3. The molecule has 1 aromatic heterocycles. The van der Waals surface area contributed by atoms with Crippen molar-refractivity contribution in [3.8, 4) is 0 Å². The summed E-state index contributed by atoms with van der Waals surface area (Å²) in [6.07, 6.45) is -4.73. The van der Waals surface area contributed by atoms with E-state index in [-0.39, 0.29) is 5.69 Å². The van der Waals surface area contributed by atoms with Crippen LogP contribution in [-0.2, 0) is 4.79 Å². The number of nitrogens with one attached hydrogen (secondary N) is 1. The van der Waals surface area contributed by atoms with Gasteiger partial charge in [-0.05, 0) is 17.5 Å². The lowest BCUT2D eigenvalue weighted by Crippen LogP contribution is -2.34. The van der Waals surface area contributed by atoms with E-state index in [9.17, 15) is 27.6 Å². The predicted octanol–water partition coefficient (Wildman–Crippen LogP) is 1.86. The van der Waals surface area contributed by atoms with Gasteiger partial charge in [0.05, 0.1) is 11.8 Å². The molecule has 0 saturated carbocycles. The summed E-state index contributed by atoms with van der Waals surface area (Å²) in [7, 11) is 0. The Labute approximate surface area is 138 Å². The molecule has 0 spiro atoms. The SMILES string of the molecule is O=C(O)[C@@H]1CN(C(=O)c2cc3ccccc3c(=O)[nH]2)C[C@H]1C(F)(F)F. The van der Waals surface area contributed by atoms with Crippen molar-refractivity contribution in [2.75, 3.05) is 13.1 Å². The summed E-state index contributed by atoms with van der Waals surface area (Å²) in [5.41, 5.74) is -0.710. The lowest BCUT2D eigenvalue weighted by molar-refractivity contribution is -0.187. The number of H-pyrrole nitrogens is 1. The van der Waals surface area contributed by atoms with Crippen molar-refractivity contribution in [1.29, 1.82) is 0 Å². The van der Waals surface area contributed by atoms with Gasteiger partial charge in [0.25, 0.3) is 11.5 Å². The summed E-state index contributed by atoms with van der Waals surface area (Å²) in [6.45, 7) is -1.32. The highest BCUT2D eigenvalue weighted by molar-refractivity contribution is 5.96. The van der Waals surface area contributed by atoms with Crippen molar-refractivity contribution in [3.63, 3.8) is 0 Å². The van der Waals surface area contributed by atoms with Gasteiger partial charge in [0.2, 0.25) is 0 Å². The molecule has 1 aliphatic heterocycles. The first kappa shape index (κ1) is 17.0. The summed E-state index contributed by atoms with van der Waals surface area (Å²) in [4.78, 5) is 38.8. The van der Waals surface area contributed by atoms with Crippen LogP contribution < -0.4 is 5.56 Å². The third-order valence-corrected chi connectivity index (χ3v) is 4.33. The van der Waals surface area contributed by atoms with Crippen LogP contribution in [0, 0.1) is 11.8 Å². The molecule has 1 saturated heterocycles. The fourth-order valence-electron chi connectivity index (χ4n) is 3.05. The molecule has 2 N–H and O–H groups in total. The van der Waals surface area contributed by atoms with Crippen LogP contribution >= 0.6 is 0 Å². The lowest BCUT2D eigenvalue weighted by atomic mass is 9.96. The molecule has 9 heteroatoms. The summed E-state index contributed by atoms with van der Waals surface area (Å²) in [5, 5.41) is 9.82. The molecule has 6 nitrogen and oxygen atoms in total. The molecular weight excluding hydrogens is 341 g/mol. The van der Waals surface area contributed by atoms with E-state index < -0.39 is 48.5 Å². The molecular formula is C16H13F3N2O4. The average Bonchev–Trinajstić information content (AvgIpc) is 3.00. The molecule has 1 aliphatic rings. The summed E-state index contributed by atoms with van der Waals surface area (Å²) in [5.74, 6) is -6.30. The van der Waals surface area contributed by atoms with Crippen LogP contribution in [0.2, 0.25) is 0 Å². The molecule has 0 bridgehead atoms. The van der Waals surface area contributed by atoms with Crippen LogP contribution in [0.4, 0.5) is 13.2 Å². The number of amides is 1. The van der Waals surface area contributed by atoms with Crippen molar-refractivity contribution in [2.45, 2.75) is 6.18 Å². The van der Waals surface area contributed by atoms with Crippen LogP contribution in [0.5, 0.6) is 0 Å². The van der Waals surface area contributed by atoms with Crippen LogP contribution in [0.3, 0.4) is 0 Å². The fraction of sp³-hybridized carbons (Fsp3) is 0.312. The van der Waals surface area contributed by atoms with Gasteiger partial charge >= 0.3 is 12.1 Å². The van der Waals surface area contributed by atoms with Crippen LogP contribution in [0.25, 0.3) is 10.8 Å². The van der Waals surface area contributed by atoms with E-state index in [1.54, 1.807) is 24.3 Å². The number of benzene rings is 1. The fourth-order valence-corrected chi connectivity index (χ4v) is 3.05. The maximum absolute atomic E-state index is 13.0. The topological polar surface area (TPSA) is 90.5 Å². The summed E-state index contributed by atoms with van der Waals surface area (Å²) >= 11 is 0. The molecule has 1 fully saturated rings. The van der Waals surface area contributed by atoms with Gasteiger partial charge in [-0.15, -0.1) is 0 Å². The molecule has 0 radical (unpaired) electrons. The zero-order valence-electron chi connectivity index (χ0n) is 12.7. The zero-order valence-corrected chi connectivity index (χ0v) is 12.7. The first-order valence-corrected chi connectivity index (χ1v) is 7.39. The predicted molar refractivity (Wildman–Crippen MR) is 81.1 cm³/mol. The van der Waals surface area contributed by atoms with E-state index in [1.807, 2.05) is 0 Å². The number of aromatic amines is 1. The van der Waals surface area contributed by atoms with Gasteiger partial charge in [-0.3, -0.25) is 14.4 Å². The number of hydrogen-bond acceptors (Lipinski definition) is 3. The Morgan fingerprint density at radius 1 is 1.20 bits per heavy atom. The third-order valence-electron chi connectivity index (χ3n) is 4.33. The number of carbonyl (C=O) groups is 2. The van der Waals surface area contributed by atoms with Gasteiger partial charge < -0.3 is 15.0 Å². The van der Waals surface area contributed by atoms with E-state index in [4.69, 9.17) is 5.11 Å². The number of rotatable bonds is 2. The molecule has 132 valence electrons. The number of aliphatic carboxylic acids is 1. The lowest BCUT2D eigenvalue weighted by Gasteiger charge is -2.18. The Morgan fingerprint density at radius 2 is 1.88 bits per heavy atom. The van der Waals surface area contributed by atoms with E-state index in [2.05, 4.69) is 4.98 Å². The number of carboxylic acid groups (broad SMARTS) is 1. The molecule has 0 aliphatic carbocycles. The summed E-state index contributed by atoms with van der Waals surface area (Å²) in [6, 6.07) is 7.83. The quantitative estimate of drug-likeness (QED) is 0.861. The van der Waals surface area contributed by atoms with Gasteiger partial charge in [-0.25, -0.2) is 0 Å². The summed E-state index contributed by atoms with van der Waals surface area (Å²) < 4.78 is 39.1. The second-order valence-corrected chi connectivity index (χ2v) is 5.90. The average molecular weight is 354 g/mol. The van der Waals surface area contributed by atoms with Crippen LogP contribution in [0.15, 0.2) is 35.1 Å². The Hall–Kier alpha value is -2.84. The highest BCUT2D eigenvalue weighted by Gasteiger charge is 2.53. The molecule has 2 atom stereocenters. The van der Waals surface area contributed by atoms with E-state index in [0.29, 0.717) is 10.8 Å². The first-order chi connectivity index (χ1) is 11.7. The first-order valence-electron chi connectivity index (χ1n) is 7.39. The maximum Gasteiger partial charge on any atom is 0.394 e. The number of alkyl halides is 3. The van der Waals surface area contributed by atoms with Gasteiger partial charge in [0, 0.05) is 18.5 Å². The number of aromatic nitrogens is 1. The Balaban J connectivity index is 1.94. The number of fused-ring (bicyclic) bond motifs is 1. The van der Waals surface area contributed by atoms with Crippen LogP contribution in [-0.4, -0.2) is 46.1 Å². The standard InChI is InChI=1S/C16H13F3N2O4/c17-16(18,19)11-7-21(6-10(11)15(24)25)14(23)12-5-8-3-1-2-4-9(8)13(22)20-12/h1-5,10-11H,6-7H2,(H,20,22)(H,24,25)/t10-,11-/m1/s1. The molecule has 2 aromatic rings.